The molecular weight excluding hydrogens is 206 g/mol. The number of anilines is 1. The number of hydrogen-bond acceptors (Lipinski definition) is 1. The van der Waals surface area contributed by atoms with Gasteiger partial charge in [-0.05, 0) is 17.0 Å². The van der Waals surface area contributed by atoms with E-state index in [2.05, 4.69) is 55.4 Å². The first-order valence-electron chi connectivity index (χ1n) is 4.98. The molecule has 0 N–H and O–H groups in total. The van der Waals surface area contributed by atoms with Crippen LogP contribution in [-0.4, -0.2) is 14.1 Å². The largest absolute Gasteiger partial charge is 0.377 e. The first kappa shape index (κ1) is 10.3. The van der Waals surface area contributed by atoms with E-state index in [1.54, 1.807) is 0 Å². The molecule has 15 heavy (non-hydrogen) atoms. The summed E-state index contributed by atoms with van der Waals surface area (Å²) in [7, 11) is 4.12. The van der Waals surface area contributed by atoms with Gasteiger partial charge < -0.3 is 4.90 Å². The molecule has 0 bridgehead atoms. The van der Waals surface area contributed by atoms with E-state index in [1.165, 1.54) is 22.0 Å². The second kappa shape index (κ2) is 4.11. The molecule has 0 unspecified atom stereocenters. The summed E-state index contributed by atoms with van der Waals surface area (Å²) in [5.74, 6) is 0.564. The van der Waals surface area contributed by atoms with Crippen molar-refractivity contribution in [2.45, 2.75) is 5.88 Å². The quantitative estimate of drug-likeness (QED) is 0.697. The third-order valence-corrected chi connectivity index (χ3v) is 2.90. The molecule has 0 aliphatic rings. The Morgan fingerprint density at radius 2 is 1.67 bits per heavy atom. The standard InChI is InChI=1S/C13H14ClN/c1-15(2)13-8-4-6-11-10(9-14)5-3-7-12(11)13/h3-8H,9H2,1-2H3. The maximum absolute atomic E-state index is 5.92. The van der Waals surface area contributed by atoms with Crippen LogP contribution in [-0.2, 0) is 5.88 Å². The molecule has 2 aromatic carbocycles. The SMILES string of the molecule is CN(C)c1cccc2c(CCl)cccc12. The number of benzene rings is 2. The van der Waals surface area contributed by atoms with Crippen molar-refractivity contribution in [3.63, 3.8) is 0 Å². The second-order valence-electron chi connectivity index (χ2n) is 3.82. The molecule has 0 aromatic heterocycles. The van der Waals surface area contributed by atoms with Crippen molar-refractivity contribution in [2.24, 2.45) is 0 Å². The molecule has 0 heterocycles. The van der Waals surface area contributed by atoms with Crippen LogP contribution in [0.4, 0.5) is 5.69 Å². The molecule has 0 amide bonds. The summed E-state index contributed by atoms with van der Waals surface area (Å²) in [5.41, 5.74) is 2.43. The first-order chi connectivity index (χ1) is 7.24. The molecule has 0 saturated carbocycles. The molecule has 0 atom stereocenters. The summed E-state index contributed by atoms with van der Waals surface area (Å²) in [6.07, 6.45) is 0. The topological polar surface area (TPSA) is 3.24 Å². The van der Waals surface area contributed by atoms with Crippen LogP contribution in [0.15, 0.2) is 36.4 Å². The average molecular weight is 220 g/mol. The highest BCUT2D eigenvalue weighted by Crippen LogP contribution is 2.28. The number of fused-ring (bicyclic) bond motifs is 1. The summed E-state index contributed by atoms with van der Waals surface area (Å²) in [6.45, 7) is 0. The Bertz CT molecular complexity index is 477. The molecule has 0 radical (unpaired) electrons. The number of halogens is 1. The Morgan fingerprint density at radius 3 is 2.33 bits per heavy atom. The predicted molar refractivity (Wildman–Crippen MR) is 67.8 cm³/mol. The van der Waals surface area contributed by atoms with Crippen LogP contribution in [0.2, 0.25) is 0 Å². The zero-order valence-corrected chi connectivity index (χ0v) is 9.75. The highest BCUT2D eigenvalue weighted by Gasteiger charge is 2.04. The van der Waals surface area contributed by atoms with Crippen LogP contribution >= 0.6 is 11.6 Å². The molecule has 78 valence electrons. The molecule has 2 aromatic rings. The van der Waals surface area contributed by atoms with Gasteiger partial charge in [-0.15, -0.1) is 11.6 Å². The van der Waals surface area contributed by atoms with Crippen LogP contribution in [0.3, 0.4) is 0 Å². The lowest BCUT2D eigenvalue weighted by atomic mass is 10.0. The van der Waals surface area contributed by atoms with Crippen LogP contribution in [0.5, 0.6) is 0 Å². The number of alkyl halides is 1. The van der Waals surface area contributed by atoms with Gasteiger partial charge in [0.1, 0.15) is 0 Å². The van der Waals surface area contributed by atoms with Crippen LogP contribution in [0, 0.1) is 0 Å². The van der Waals surface area contributed by atoms with Crippen molar-refractivity contribution in [3.05, 3.63) is 42.0 Å². The van der Waals surface area contributed by atoms with E-state index in [9.17, 15) is 0 Å². The Morgan fingerprint density at radius 1 is 1.00 bits per heavy atom. The number of hydrogen-bond donors (Lipinski definition) is 0. The van der Waals surface area contributed by atoms with E-state index < -0.39 is 0 Å². The maximum Gasteiger partial charge on any atom is 0.0480 e. The Balaban J connectivity index is 2.76. The molecule has 0 aliphatic carbocycles. The van der Waals surface area contributed by atoms with Gasteiger partial charge in [-0.3, -0.25) is 0 Å². The van der Waals surface area contributed by atoms with Crippen molar-refractivity contribution in [2.75, 3.05) is 19.0 Å². The zero-order chi connectivity index (χ0) is 10.8. The van der Waals surface area contributed by atoms with Gasteiger partial charge in [-0.1, -0.05) is 30.3 Å². The molecule has 2 rings (SSSR count). The van der Waals surface area contributed by atoms with Gasteiger partial charge >= 0.3 is 0 Å². The minimum Gasteiger partial charge on any atom is -0.377 e. The van der Waals surface area contributed by atoms with Crippen LogP contribution < -0.4 is 4.90 Å². The summed E-state index contributed by atoms with van der Waals surface area (Å²) in [5, 5.41) is 2.51. The monoisotopic (exact) mass is 219 g/mol. The van der Waals surface area contributed by atoms with Crippen molar-refractivity contribution in [3.8, 4) is 0 Å². The van der Waals surface area contributed by atoms with E-state index in [0.717, 1.165) is 0 Å². The molecule has 0 aliphatic heterocycles. The second-order valence-corrected chi connectivity index (χ2v) is 4.08. The van der Waals surface area contributed by atoms with Crippen LogP contribution in [0.25, 0.3) is 10.8 Å². The molecule has 1 nitrogen and oxygen atoms in total. The van der Waals surface area contributed by atoms with Gasteiger partial charge in [0.05, 0.1) is 0 Å². The fourth-order valence-electron chi connectivity index (χ4n) is 1.86. The highest BCUT2D eigenvalue weighted by molar-refractivity contribution is 6.18. The van der Waals surface area contributed by atoms with E-state index in [0.29, 0.717) is 5.88 Å². The third-order valence-electron chi connectivity index (χ3n) is 2.62. The normalized spacial score (nSPS) is 10.6. The maximum atomic E-state index is 5.92. The lowest BCUT2D eigenvalue weighted by molar-refractivity contribution is 1.14. The molecule has 0 fully saturated rings. The predicted octanol–water partition coefficient (Wildman–Crippen LogP) is 3.64. The molecule has 2 heteroatoms. The van der Waals surface area contributed by atoms with E-state index >= 15 is 0 Å². The Labute approximate surface area is 95.3 Å². The molecule has 0 saturated heterocycles. The van der Waals surface area contributed by atoms with Gasteiger partial charge in [0.2, 0.25) is 0 Å². The average Bonchev–Trinajstić information content (AvgIpc) is 2.27. The minimum absolute atomic E-state index is 0.564. The molecule has 0 spiro atoms. The van der Waals surface area contributed by atoms with E-state index in [1.807, 2.05) is 0 Å². The first-order valence-corrected chi connectivity index (χ1v) is 5.51. The fraction of sp³-hybridized carbons (Fsp3) is 0.231. The van der Waals surface area contributed by atoms with Crippen molar-refractivity contribution in [1.29, 1.82) is 0 Å². The summed E-state index contributed by atoms with van der Waals surface area (Å²) >= 11 is 5.92. The third kappa shape index (κ3) is 1.80. The Kier molecular flexibility index (Phi) is 2.83. The van der Waals surface area contributed by atoms with Crippen molar-refractivity contribution < 1.29 is 0 Å². The zero-order valence-electron chi connectivity index (χ0n) is 9.00. The Hall–Kier alpha value is -1.21. The van der Waals surface area contributed by atoms with Gasteiger partial charge in [0, 0.05) is 31.0 Å². The van der Waals surface area contributed by atoms with Gasteiger partial charge in [-0.25, -0.2) is 0 Å². The highest BCUT2D eigenvalue weighted by atomic mass is 35.5. The van der Waals surface area contributed by atoms with Gasteiger partial charge in [-0.2, -0.15) is 0 Å². The minimum atomic E-state index is 0.564. The lowest BCUT2D eigenvalue weighted by Crippen LogP contribution is -2.08. The number of nitrogens with zero attached hydrogens (tertiary/aromatic N) is 1. The van der Waals surface area contributed by atoms with E-state index in [4.69, 9.17) is 11.6 Å². The van der Waals surface area contributed by atoms with Crippen molar-refractivity contribution >= 4 is 28.1 Å². The lowest BCUT2D eigenvalue weighted by Gasteiger charge is -2.16. The summed E-state index contributed by atoms with van der Waals surface area (Å²) < 4.78 is 0. The molecular formula is C13H14ClN. The summed E-state index contributed by atoms with van der Waals surface area (Å²) in [6, 6.07) is 12.6. The van der Waals surface area contributed by atoms with E-state index in [-0.39, 0.29) is 0 Å². The van der Waals surface area contributed by atoms with Crippen molar-refractivity contribution in [1.82, 2.24) is 0 Å². The fourth-order valence-corrected chi connectivity index (χ4v) is 2.10. The van der Waals surface area contributed by atoms with Gasteiger partial charge in [0.25, 0.3) is 0 Å². The van der Waals surface area contributed by atoms with Crippen LogP contribution in [0.1, 0.15) is 5.56 Å². The van der Waals surface area contributed by atoms with Gasteiger partial charge in [0.15, 0.2) is 0 Å². The summed E-state index contributed by atoms with van der Waals surface area (Å²) in [4.78, 5) is 2.13. The number of rotatable bonds is 2. The smallest absolute Gasteiger partial charge is 0.0480 e.